The molecule has 1 atom stereocenters. The number of hydrogen-bond donors (Lipinski definition) is 1. The lowest BCUT2D eigenvalue weighted by Crippen LogP contribution is -2.49. The third kappa shape index (κ3) is 2.41. The van der Waals surface area contributed by atoms with Crippen molar-refractivity contribution in [1.29, 1.82) is 0 Å². The maximum Gasteiger partial charge on any atom is 0.0788 e. The Balaban J connectivity index is 2.60. The van der Waals surface area contributed by atoms with Gasteiger partial charge in [0.05, 0.1) is 5.60 Å². The van der Waals surface area contributed by atoms with Gasteiger partial charge in [0.1, 0.15) is 0 Å². The van der Waals surface area contributed by atoms with Crippen LogP contribution in [0, 0.1) is 5.41 Å². The molecule has 0 radical (unpaired) electrons. The molecule has 1 nitrogen and oxygen atoms in total. The number of unbranched alkanes of at least 4 members (excludes halogenated alkanes) is 1. The van der Waals surface area contributed by atoms with Crippen molar-refractivity contribution in [3.63, 3.8) is 0 Å². The van der Waals surface area contributed by atoms with Crippen LogP contribution < -0.4 is 0 Å². The smallest absolute Gasteiger partial charge is 0.0788 e. The molecule has 0 spiro atoms. The minimum atomic E-state index is -0.411. The van der Waals surface area contributed by atoms with Gasteiger partial charge in [-0.15, -0.1) is 0 Å². The van der Waals surface area contributed by atoms with E-state index in [0.717, 1.165) is 25.0 Å². The number of aliphatic hydroxyl groups is 1. The summed E-state index contributed by atoms with van der Waals surface area (Å²) in [6.45, 7) is 6.61. The zero-order chi connectivity index (χ0) is 9.95. The fraction of sp³-hybridized carbons (Fsp3) is 1.00. The standard InChI is InChI=1S/C11H22OS/c1-4-5-6-11(12)9-13-8-7-10(11,2)3/h12H,4-9H2,1-3H3. The lowest BCUT2D eigenvalue weighted by molar-refractivity contribution is -0.0596. The van der Waals surface area contributed by atoms with Crippen molar-refractivity contribution < 1.29 is 5.11 Å². The van der Waals surface area contributed by atoms with E-state index in [4.69, 9.17) is 0 Å². The van der Waals surface area contributed by atoms with E-state index in [0.29, 0.717) is 0 Å². The molecule has 1 aliphatic heterocycles. The predicted molar refractivity (Wildman–Crippen MR) is 60.2 cm³/mol. The monoisotopic (exact) mass is 202 g/mol. The van der Waals surface area contributed by atoms with Gasteiger partial charge in [0.15, 0.2) is 0 Å². The Kier molecular flexibility index (Phi) is 3.70. The Bertz CT molecular complexity index is 167. The van der Waals surface area contributed by atoms with Gasteiger partial charge in [-0.1, -0.05) is 33.6 Å². The molecule has 2 heteroatoms. The van der Waals surface area contributed by atoms with Crippen LogP contribution >= 0.6 is 11.8 Å². The van der Waals surface area contributed by atoms with Crippen LogP contribution in [0.15, 0.2) is 0 Å². The Morgan fingerprint density at radius 2 is 2.08 bits per heavy atom. The van der Waals surface area contributed by atoms with Gasteiger partial charge in [-0.2, -0.15) is 11.8 Å². The zero-order valence-electron chi connectivity index (χ0n) is 9.10. The fourth-order valence-electron chi connectivity index (χ4n) is 1.88. The van der Waals surface area contributed by atoms with Crippen LogP contribution in [0.1, 0.15) is 46.5 Å². The van der Waals surface area contributed by atoms with Crippen LogP contribution in [0.2, 0.25) is 0 Å². The van der Waals surface area contributed by atoms with Crippen LogP contribution in [0.4, 0.5) is 0 Å². The van der Waals surface area contributed by atoms with Gasteiger partial charge in [-0.3, -0.25) is 0 Å². The predicted octanol–water partition coefficient (Wildman–Crippen LogP) is 3.07. The Morgan fingerprint density at radius 1 is 1.38 bits per heavy atom. The molecule has 0 aromatic carbocycles. The summed E-state index contributed by atoms with van der Waals surface area (Å²) in [5, 5.41) is 10.5. The lowest BCUT2D eigenvalue weighted by Gasteiger charge is -2.46. The van der Waals surface area contributed by atoms with Crippen molar-refractivity contribution >= 4 is 11.8 Å². The summed E-state index contributed by atoms with van der Waals surface area (Å²) in [5.41, 5.74) is -0.292. The van der Waals surface area contributed by atoms with Crippen molar-refractivity contribution in [2.75, 3.05) is 11.5 Å². The summed E-state index contributed by atoms with van der Waals surface area (Å²) in [5.74, 6) is 2.14. The highest BCUT2D eigenvalue weighted by molar-refractivity contribution is 7.99. The number of thioether (sulfide) groups is 1. The molecule has 0 bridgehead atoms. The van der Waals surface area contributed by atoms with E-state index in [9.17, 15) is 5.11 Å². The second-order valence-corrected chi connectivity index (χ2v) is 5.93. The average Bonchev–Trinajstić information content (AvgIpc) is 2.07. The quantitative estimate of drug-likeness (QED) is 0.759. The van der Waals surface area contributed by atoms with Crippen molar-refractivity contribution in [2.24, 2.45) is 5.41 Å². The molecule has 0 aliphatic carbocycles. The first-order chi connectivity index (χ1) is 6.02. The second kappa shape index (κ2) is 4.22. The molecule has 0 saturated carbocycles. The molecule has 1 rings (SSSR count). The molecule has 78 valence electrons. The molecule has 13 heavy (non-hydrogen) atoms. The molecular weight excluding hydrogens is 180 g/mol. The van der Waals surface area contributed by atoms with E-state index in [1.807, 2.05) is 11.8 Å². The van der Waals surface area contributed by atoms with Gasteiger partial charge in [-0.05, 0) is 24.0 Å². The first kappa shape index (κ1) is 11.4. The lowest BCUT2D eigenvalue weighted by atomic mass is 9.71. The van der Waals surface area contributed by atoms with Crippen LogP contribution in [0.5, 0.6) is 0 Å². The van der Waals surface area contributed by atoms with Crippen LogP contribution in [0.3, 0.4) is 0 Å². The highest BCUT2D eigenvalue weighted by Crippen LogP contribution is 2.44. The topological polar surface area (TPSA) is 20.2 Å². The maximum absolute atomic E-state index is 10.5. The maximum atomic E-state index is 10.5. The highest BCUT2D eigenvalue weighted by Gasteiger charge is 2.44. The molecule has 0 aromatic rings. The molecule has 1 unspecified atom stereocenters. The minimum Gasteiger partial charge on any atom is -0.388 e. The van der Waals surface area contributed by atoms with Gasteiger partial charge in [-0.25, -0.2) is 0 Å². The van der Waals surface area contributed by atoms with Gasteiger partial charge in [0, 0.05) is 5.75 Å². The van der Waals surface area contributed by atoms with Gasteiger partial charge >= 0.3 is 0 Å². The second-order valence-electron chi connectivity index (χ2n) is 4.82. The van der Waals surface area contributed by atoms with Gasteiger partial charge in [0.25, 0.3) is 0 Å². The van der Waals surface area contributed by atoms with E-state index in [1.54, 1.807) is 0 Å². The molecule has 1 N–H and O–H groups in total. The summed E-state index contributed by atoms with van der Waals surface area (Å²) in [7, 11) is 0. The van der Waals surface area contributed by atoms with Crippen LogP contribution in [0.25, 0.3) is 0 Å². The molecule has 1 fully saturated rings. The third-order valence-electron chi connectivity index (χ3n) is 3.42. The van der Waals surface area contributed by atoms with Crippen LogP contribution in [-0.4, -0.2) is 22.2 Å². The number of hydrogen-bond acceptors (Lipinski definition) is 2. The first-order valence-electron chi connectivity index (χ1n) is 5.32. The molecule has 0 aromatic heterocycles. The van der Waals surface area contributed by atoms with Crippen molar-refractivity contribution in [2.45, 2.75) is 52.1 Å². The molecule has 1 saturated heterocycles. The molecular formula is C11H22OS. The normalized spacial score (nSPS) is 33.2. The van der Waals surface area contributed by atoms with E-state index >= 15 is 0 Å². The van der Waals surface area contributed by atoms with E-state index in [2.05, 4.69) is 20.8 Å². The molecule has 1 heterocycles. The SMILES string of the molecule is CCCCC1(O)CSCCC1(C)C. The van der Waals surface area contributed by atoms with E-state index in [-0.39, 0.29) is 5.41 Å². The summed E-state index contributed by atoms with van der Waals surface area (Å²) < 4.78 is 0. The Labute approximate surface area is 86.3 Å². The van der Waals surface area contributed by atoms with Crippen molar-refractivity contribution in [3.8, 4) is 0 Å². The highest BCUT2D eigenvalue weighted by atomic mass is 32.2. The third-order valence-corrected chi connectivity index (χ3v) is 4.59. The fourth-order valence-corrected chi connectivity index (χ4v) is 3.55. The van der Waals surface area contributed by atoms with E-state index in [1.165, 1.54) is 12.2 Å². The largest absolute Gasteiger partial charge is 0.388 e. The van der Waals surface area contributed by atoms with Crippen molar-refractivity contribution in [1.82, 2.24) is 0 Å². The Morgan fingerprint density at radius 3 is 2.62 bits per heavy atom. The average molecular weight is 202 g/mol. The number of rotatable bonds is 3. The zero-order valence-corrected chi connectivity index (χ0v) is 9.91. The molecule has 1 aliphatic rings. The molecule has 0 amide bonds. The van der Waals surface area contributed by atoms with E-state index < -0.39 is 5.60 Å². The summed E-state index contributed by atoms with van der Waals surface area (Å²) in [6.07, 6.45) is 4.46. The Hall–Kier alpha value is 0.310. The summed E-state index contributed by atoms with van der Waals surface area (Å²) in [6, 6.07) is 0. The van der Waals surface area contributed by atoms with Gasteiger partial charge < -0.3 is 5.11 Å². The van der Waals surface area contributed by atoms with Crippen LogP contribution in [-0.2, 0) is 0 Å². The van der Waals surface area contributed by atoms with Gasteiger partial charge in [0.2, 0.25) is 0 Å². The first-order valence-corrected chi connectivity index (χ1v) is 6.47. The summed E-state index contributed by atoms with van der Waals surface area (Å²) in [4.78, 5) is 0. The van der Waals surface area contributed by atoms with Crippen molar-refractivity contribution in [3.05, 3.63) is 0 Å². The minimum absolute atomic E-state index is 0.118. The summed E-state index contributed by atoms with van der Waals surface area (Å²) >= 11 is 1.90.